The first-order valence-electron chi connectivity index (χ1n) is 12.0. The molecule has 172 valence electrons. The minimum absolute atomic E-state index is 0.566. The number of aromatic nitrogens is 3. The van der Waals surface area contributed by atoms with Crippen LogP contribution in [0.3, 0.4) is 0 Å². The van der Waals surface area contributed by atoms with E-state index in [2.05, 4.69) is 29.0 Å². The Morgan fingerprint density at radius 3 is 2.03 bits per heavy atom. The lowest BCUT2D eigenvalue weighted by molar-refractivity contribution is 0.123. The van der Waals surface area contributed by atoms with Gasteiger partial charge in [-0.2, -0.15) is 0 Å². The number of hydrogen-bond donors (Lipinski definition) is 0. The number of pyridine rings is 1. The third-order valence-electron chi connectivity index (χ3n) is 4.98. The molecule has 0 unspecified atom stereocenters. The molecule has 2 aromatic heterocycles. The molecule has 0 N–H and O–H groups in total. The van der Waals surface area contributed by atoms with Crippen molar-refractivity contribution in [2.75, 3.05) is 26.4 Å². The molecular weight excluding hydrogens is 390 g/mol. The van der Waals surface area contributed by atoms with E-state index in [-0.39, 0.29) is 0 Å². The van der Waals surface area contributed by atoms with Crippen LogP contribution >= 0.6 is 0 Å². The van der Waals surface area contributed by atoms with E-state index >= 15 is 0 Å². The van der Waals surface area contributed by atoms with Crippen molar-refractivity contribution < 1.29 is 14.2 Å². The van der Waals surface area contributed by atoms with E-state index in [1.54, 1.807) is 6.20 Å². The van der Waals surface area contributed by atoms with E-state index in [1.165, 1.54) is 38.5 Å². The molecule has 0 atom stereocenters. The highest BCUT2D eigenvalue weighted by Crippen LogP contribution is 2.19. The maximum absolute atomic E-state index is 5.76. The molecule has 0 radical (unpaired) electrons. The Morgan fingerprint density at radius 2 is 1.29 bits per heavy atom. The van der Waals surface area contributed by atoms with E-state index in [4.69, 9.17) is 14.2 Å². The van der Waals surface area contributed by atoms with Gasteiger partial charge in [-0.3, -0.25) is 4.98 Å². The molecule has 0 aliphatic rings. The van der Waals surface area contributed by atoms with Gasteiger partial charge < -0.3 is 14.2 Å². The number of hydrogen-bond acceptors (Lipinski definition) is 6. The second-order valence-electron chi connectivity index (χ2n) is 7.77. The molecule has 0 spiro atoms. The van der Waals surface area contributed by atoms with Crippen molar-refractivity contribution in [1.29, 1.82) is 0 Å². The van der Waals surface area contributed by atoms with Gasteiger partial charge in [-0.05, 0) is 43.9 Å². The van der Waals surface area contributed by atoms with E-state index in [9.17, 15) is 0 Å². The van der Waals surface area contributed by atoms with Crippen LogP contribution in [0.2, 0.25) is 0 Å². The van der Waals surface area contributed by atoms with Crippen molar-refractivity contribution >= 4 is 0 Å². The molecule has 31 heavy (non-hydrogen) atoms. The first-order valence-corrected chi connectivity index (χ1v) is 12.0. The van der Waals surface area contributed by atoms with Crippen LogP contribution in [0.15, 0.2) is 30.5 Å². The molecule has 0 amide bonds. The topological polar surface area (TPSA) is 66.4 Å². The maximum Gasteiger partial charge on any atom is 0.233 e. The highest BCUT2D eigenvalue weighted by Gasteiger charge is 2.04. The summed E-state index contributed by atoms with van der Waals surface area (Å²) >= 11 is 0. The summed E-state index contributed by atoms with van der Waals surface area (Å²) in [5, 5.41) is 8.41. The van der Waals surface area contributed by atoms with Crippen LogP contribution in [0.25, 0.3) is 11.4 Å². The molecule has 0 saturated carbocycles. The zero-order chi connectivity index (χ0) is 22.0. The van der Waals surface area contributed by atoms with E-state index in [0.29, 0.717) is 19.1 Å². The van der Waals surface area contributed by atoms with E-state index < -0.39 is 0 Å². The maximum atomic E-state index is 5.76. The van der Waals surface area contributed by atoms with Gasteiger partial charge in [0.05, 0.1) is 25.1 Å². The predicted molar refractivity (Wildman–Crippen MR) is 125 cm³/mol. The molecule has 2 aromatic rings. The average Bonchev–Trinajstić information content (AvgIpc) is 2.81. The number of ether oxygens (including phenoxy) is 3. The average molecular weight is 430 g/mol. The van der Waals surface area contributed by atoms with Gasteiger partial charge in [0.1, 0.15) is 11.4 Å². The van der Waals surface area contributed by atoms with Crippen LogP contribution in [0.1, 0.15) is 78.1 Å². The van der Waals surface area contributed by atoms with Crippen LogP contribution in [0, 0.1) is 0 Å². The Kier molecular flexibility index (Phi) is 13.3. The zero-order valence-corrected chi connectivity index (χ0v) is 19.4. The molecule has 0 fully saturated rings. The van der Waals surface area contributed by atoms with Crippen molar-refractivity contribution in [3.8, 4) is 23.0 Å². The summed E-state index contributed by atoms with van der Waals surface area (Å²) in [5.41, 5.74) is 1.49. The summed E-state index contributed by atoms with van der Waals surface area (Å²) in [6.07, 6.45) is 13.5. The summed E-state index contributed by atoms with van der Waals surface area (Å²) in [5.74, 6) is 1.33. The van der Waals surface area contributed by atoms with Gasteiger partial charge in [0.15, 0.2) is 0 Å². The molecule has 2 heterocycles. The van der Waals surface area contributed by atoms with Crippen molar-refractivity contribution in [2.45, 2.75) is 78.1 Å². The number of rotatable bonds is 18. The largest absolute Gasteiger partial charge is 0.492 e. The quantitative estimate of drug-likeness (QED) is 0.261. The zero-order valence-electron chi connectivity index (χ0n) is 19.4. The van der Waals surface area contributed by atoms with Crippen LogP contribution in [-0.2, 0) is 4.74 Å². The molecule has 0 aliphatic carbocycles. The summed E-state index contributed by atoms with van der Waals surface area (Å²) in [4.78, 5) is 4.45. The van der Waals surface area contributed by atoms with Gasteiger partial charge in [-0.15, -0.1) is 10.2 Å². The molecule has 0 bridgehead atoms. The van der Waals surface area contributed by atoms with Gasteiger partial charge in [-0.1, -0.05) is 52.4 Å². The van der Waals surface area contributed by atoms with Gasteiger partial charge in [0, 0.05) is 19.3 Å². The number of unbranched alkanes of at least 4 members (excludes halogenated alkanes) is 7. The minimum Gasteiger partial charge on any atom is -0.492 e. The fraction of sp³-hybridized carbons (Fsp3) is 0.640. The lowest BCUT2D eigenvalue weighted by Crippen LogP contribution is -2.02. The smallest absolute Gasteiger partial charge is 0.233 e. The monoisotopic (exact) mass is 429 g/mol. The van der Waals surface area contributed by atoms with Crippen LogP contribution in [0.5, 0.6) is 11.6 Å². The Morgan fingerprint density at radius 1 is 0.613 bits per heavy atom. The molecule has 6 heteroatoms. The van der Waals surface area contributed by atoms with Gasteiger partial charge >= 0.3 is 0 Å². The van der Waals surface area contributed by atoms with Crippen LogP contribution in [-0.4, -0.2) is 41.6 Å². The van der Waals surface area contributed by atoms with Gasteiger partial charge in [-0.25, -0.2) is 0 Å². The summed E-state index contributed by atoms with van der Waals surface area (Å²) in [6, 6.07) is 7.58. The highest BCUT2D eigenvalue weighted by atomic mass is 16.5. The molecule has 0 aliphatic heterocycles. The standard InChI is InChI=1S/C25H39N3O3/c1-3-5-7-8-9-10-20-31-25-16-15-24(27-28-25)23-14-13-22(21-26-23)30-19-12-11-18-29-17-6-4-2/h13-16,21H,3-12,17-20H2,1-2H3. The molecule has 0 saturated heterocycles. The molecular formula is C25H39N3O3. The second-order valence-corrected chi connectivity index (χ2v) is 7.77. The SMILES string of the molecule is CCCCCCCCOc1ccc(-c2ccc(OCCCCOCCCC)cn2)nn1. The molecule has 2 rings (SSSR count). The summed E-state index contributed by atoms with van der Waals surface area (Å²) < 4.78 is 17.0. The predicted octanol–water partition coefficient (Wildman–Crippen LogP) is 6.25. The molecule has 6 nitrogen and oxygen atoms in total. The van der Waals surface area contributed by atoms with Crippen LogP contribution in [0.4, 0.5) is 0 Å². The Bertz CT molecular complexity index is 677. The van der Waals surface area contributed by atoms with Crippen molar-refractivity contribution in [1.82, 2.24) is 15.2 Å². The normalized spacial score (nSPS) is 10.9. The Balaban J connectivity index is 1.63. The summed E-state index contributed by atoms with van der Waals surface area (Å²) in [6.45, 7) is 7.43. The van der Waals surface area contributed by atoms with Crippen LogP contribution < -0.4 is 9.47 Å². The fourth-order valence-electron chi connectivity index (χ4n) is 3.05. The van der Waals surface area contributed by atoms with E-state index in [1.807, 2.05) is 24.3 Å². The first kappa shape index (κ1) is 25.1. The van der Waals surface area contributed by atoms with Crippen molar-refractivity contribution in [3.63, 3.8) is 0 Å². The van der Waals surface area contributed by atoms with Crippen molar-refractivity contribution in [2.24, 2.45) is 0 Å². The van der Waals surface area contributed by atoms with Gasteiger partial charge in [0.25, 0.3) is 0 Å². The summed E-state index contributed by atoms with van der Waals surface area (Å²) in [7, 11) is 0. The van der Waals surface area contributed by atoms with E-state index in [0.717, 1.165) is 56.0 Å². The molecule has 0 aromatic carbocycles. The lowest BCUT2D eigenvalue weighted by atomic mass is 10.1. The Hall–Kier alpha value is -2.21. The second kappa shape index (κ2) is 16.5. The third kappa shape index (κ3) is 11.1. The van der Waals surface area contributed by atoms with Gasteiger partial charge in [0.2, 0.25) is 5.88 Å². The fourth-order valence-corrected chi connectivity index (χ4v) is 3.05. The lowest BCUT2D eigenvalue weighted by Gasteiger charge is -2.07. The first-order chi connectivity index (χ1) is 15.3. The number of nitrogens with zero attached hydrogens (tertiary/aromatic N) is 3. The Labute approximate surface area is 187 Å². The third-order valence-corrected chi connectivity index (χ3v) is 4.98. The highest BCUT2D eigenvalue weighted by molar-refractivity contribution is 5.54. The minimum atomic E-state index is 0.566. The van der Waals surface area contributed by atoms with Crippen molar-refractivity contribution in [3.05, 3.63) is 30.5 Å².